The molecular weight excluding hydrogens is 975 g/mol. The zero-order valence-electron chi connectivity index (χ0n) is 41.5. The van der Waals surface area contributed by atoms with Crippen LogP contribution in [0.4, 0.5) is 34.1 Å². The first-order chi connectivity index (χ1) is 38.2. The van der Waals surface area contributed by atoms with Gasteiger partial charge in [0.05, 0.1) is 42.8 Å². The lowest BCUT2D eigenvalue weighted by molar-refractivity contribution is 1.16. The summed E-state index contributed by atoms with van der Waals surface area (Å²) in [5, 5.41) is 4.38. The molecule has 1 aliphatic heterocycles. The first-order valence-corrected chi connectivity index (χ1v) is 27.5. The fraction of sp³-hybridized carbons (Fsp3) is 0. The zero-order chi connectivity index (χ0) is 50.8. The van der Waals surface area contributed by atoms with Gasteiger partial charge < -0.3 is 14.4 Å². The topological polar surface area (TPSA) is 37.2 Å². The molecule has 0 fully saturated rings. The maximum Gasteiger partial charge on any atom is 0.124 e. The van der Waals surface area contributed by atoms with E-state index in [1.807, 2.05) is 0 Å². The molecule has 362 valence electrons. The lowest BCUT2D eigenvalue weighted by Crippen LogP contribution is -2.12. The van der Waals surface area contributed by atoms with Crippen LogP contribution in [0.15, 0.2) is 267 Å². The summed E-state index contributed by atoms with van der Waals surface area (Å²) < 4.78 is 4.87. The predicted molar refractivity (Wildman–Crippen MR) is 326 cm³/mol. The summed E-state index contributed by atoms with van der Waals surface area (Å²) >= 11 is 3.48. The van der Waals surface area contributed by atoms with E-state index >= 15 is 0 Å². The maximum atomic E-state index is 5.12. The summed E-state index contributed by atoms with van der Waals surface area (Å²) in [5.41, 5.74) is 20.8. The fourth-order valence-corrected chi connectivity index (χ4v) is 13.4. The highest BCUT2D eigenvalue weighted by atomic mass is 32.1. The van der Waals surface area contributed by atoms with Gasteiger partial charge in [0.15, 0.2) is 0 Å². The van der Waals surface area contributed by atoms with Gasteiger partial charge in [0.2, 0.25) is 0 Å². The van der Waals surface area contributed by atoms with Crippen LogP contribution in [-0.2, 0) is 0 Å². The molecule has 11 aromatic carbocycles. The maximum absolute atomic E-state index is 5.12. The number of anilines is 6. The van der Waals surface area contributed by atoms with E-state index in [4.69, 9.17) is 9.97 Å². The van der Waals surface area contributed by atoms with E-state index in [0.717, 1.165) is 116 Å². The first kappa shape index (κ1) is 44.8. The minimum absolute atomic E-state index is 0.998. The molecule has 77 heavy (non-hydrogen) atoms. The van der Waals surface area contributed by atoms with Crippen molar-refractivity contribution in [3.8, 4) is 38.0 Å². The average molecular weight is 1020 g/mol. The lowest BCUT2D eigenvalue weighted by atomic mass is 9.93. The SMILES string of the molecule is C1=C(c2ccccc2)c2cc(N(c3ccccc3)c3cccc(-c4cccc5nc(-c6ccccc6)sc45)c3)cc3c4ccccc4n(c23)-c2cccc(N(c3ccccc3)c3cccc(-c4nc5ccccc5s4)c3)c21. The molecule has 14 aromatic rings. The molecule has 0 radical (unpaired) electrons. The molecule has 5 nitrogen and oxygen atoms in total. The van der Waals surface area contributed by atoms with Crippen LogP contribution >= 0.6 is 22.7 Å². The molecule has 0 saturated carbocycles. The second-order valence-electron chi connectivity index (χ2n) is 19.3. The predicted octanol–water partition coefficient (Wildman–Crippen LogP) is 19.8. The van der Waals surface area contributed by atoms with E-state index in [-0.39, 0.29) is 0 Å². The van der Waals surface area contributed by atoms with Gasteiger partial charge in [-0.15, -0.1) is 22.7 Å². The van der Waals surface area contributed by atoms with Gasteiger partial charge in [-0.2, -0.15) is 0 Å². The lowest BCUT2D eigenvalue weighted by Gasteiger charge is -2.28. The van der Waals surface area contributed by atoms with Crippen molar-refractivity contribution in [1.29, 1.82) is 0 Å². The van der Waals surface area contributed by atoms with Crippen LogP contribution < -0.4 is 9.80 Å². The van der Waals surface area contributed by atoms with Crippen molar-refractivity contribution in [2.75, 3.05) is 9.80 Å². The molecule has 15 rings (SSSR count). The van der Waals surface area contributed by atoms with Gasteiger partial charge in [-0.1, -0.05) is 170 Å². The first-order valence-electron chi connectivity index (χ1n) is 25.9. The Bertz CT molecular complexity index is 4540. The number of aromatic nitrogens is 3. The summed E-state index contributed by atoms with van der Waals surface area (Å²) in [6, 6.07) is 96.3. The van der Waals surface area contributed by atoms with Crippen molar-refractivity contribution in [3.63, 3.8) is 0 Å². The Kier molecular flexibility index (Phi) is 10.8. The van der Waals surface area contributed by atoms with Crippen LogP contribution in [-0.4, -0.2) is 14.5 Å². The van der Waals surface area contributed by atoms with Crippen LogP contribution in [0.1, 0.15) is 16.7 Å². The summed E-state index contributed by atoms with van der Waals surface area (Å²) in [5.74, 6) is 0. The smallest absolute Gasteiger partial charge is 0.124 e. The zero-order valence-corrected chi connectivity index (χ0v) is 43.2. The van der Waals surface area contributed by atoms with Crippen LogP contribution in [0.3, 0.4) is 0 Å². The summed E-state index contributed by atoms with van der Waals surface area (Å²) in [6.07, 6.45) is 2.45. The van der Waals surface area contributed by atoms with Crippen LogP contribution in [0.25, 0.3) is 91.8 Å². The Morgan fingerprint density at radius 2 is 0.935 bits per heavy atom. The third-order valence-corrected chi connectivity index (χ3v) is 17.0. The molecule has 3 aromatic heterocycles. The van der Waals surface area contributed by atoms with Crippen molar-refractivity contribution in [2.45, 2.75) is 0 Å². The molecule has 0 amide bonds. The molecule has 1 aliphatic rings. The Labute approximate surface area is 453 Å². The molecule has 4 heterocycles. The molecule has 0 unspecified atom stereocenters. The summed E-state index contributed by atoms with van der Waals surface area (Å²) in [7, 11) is 0. The average Bonchev–Trinajstić information content (AvgIpc) is 4.40. The number of para-hydroxylation sites is 4. The van der Waals surface area contributed by atoms with E-state index in [1.165, 1.54) is 20.2 Å². The number of hydrogen-bond donors (Lipinski definition) is 0. The Morgan fingerprint density at radius 3 is 1.71 bits per heavy atom. The van der Waals surface area contributed by atoms with Gasteiger partial charge in [0, 0.05) is 67.0 Å². The van der Waals surface area contributed by atoms with Crippen LogP contribution in [0, 0.1) is 0 Å². The summed E-state index contributed by atoms with van der Waals surface area (Å²) in [6.45, 7) is 0. The van der Waals surface area contributed by atoms with E-state index in [9.17, 15) is 0 Å². The molecule has 0 atom stereocenters. The third-order valence-electron chi connectivity index (χ3n) is 14.7. The number of rotatable bonds is 10. The highest BCUT2D eigenvalue weighted by Crippen LogP contribution is 2.50. The van der Waals surface area contributed by atoms with Gasteiger partial charge in [0.25, 0.3) is 0 Å². The summed E-state index contributed by atoms with van der Waals surface area (Å²) in [4.78, 5) is 15.1. The molecule has 0 bridgehead atoms. The highest BCUT2D eigenvalue weighted by Gasteiger charge is 2.29. The van der Waals surface area contributed by atoms with Crippen LogP contribution in [0.5, 0.6) is 0 Å². The molecule has 0 N–H and O–H groups in total. The molecule has 7 heteroatoms. The van der Waals surface area contributed by atoms with E-state index in [0.29, 0.717) is 0 Å². The number of benzene rings is 11. The molecule has 0 spiro atoms. The van der Waals surface area contributed by atoms with Gasteiger partial charge >= 0.3 is 0 Å². The standard InChI is InChI=1S/C70H45N5S2/c1-5-21-46(22-6-1)57-45-60-64(74(51-29-11-4-12-30-51)53-32-18-26-49(42-53)70-71-61-35-14-16-40-66(61)76-70)38-20-39-65(60)75-63-37-15-13-33-56(63)58-43-54(44-59(57)67(58)75)73(50-27-9-3-10-28-50)52-31-17-25-48(41-52)55-34-19-36-62-68(55)77-69(72-62)47-23-7-2-8-24-47/h1-45H. The van der Waals surface area contributed by atoms with Gasteiger partial charge in [-0.3, -0.25) is 0 Å². The Morgan fingerprint density at radius 1 is 0.364 bits per heavy atom. The van der Waals surface area contributed by atoms with E-state index in [1.54, 1.807) is 22.7 Å². The second kappa shape index (κ2) is 18.6. The van der Waals surface area contributed by atoms with Crippen molar-refractivity contribution in [2.24, 2.45) is 0 Å². The number of hydrogen-bond acceptors (Lipinski definition) is 6. The minimum atomic E-state index is 0.998. The van der Waals surface area contributed by atoms with Crippen molar-refractivity contribution >= 4 is 111 Å². The highest BCUT2D eigenvalue weighted by molar-refractivity contribution is 7.22. The van der Waals surface area contributed by atoms with E-state index < -0.39 is 0 Å². The normalized spacial score (nSPS) is 12.0. The number of fused-ring (bicyclic) bond motifs is 7. The molecule has 0 aliphatic carbocycles. The fourth-order valence-electron chi connectivity index (χ4n) is 11.3. The number of nitrogens with zero attached hydrogens (tertiary/aromatic N) is 5. The van der Waals surface area contributed by atoms with E-state index in [2.05, 4.69) is 287 Å². The molecule has 0 saturated heterocycles. The van der Waals surface area contributed by atoms with Crippen molar-refractivity contribution in [3.05, 3.63) is 284 Å². The largest absolute Gasteiger partial charge is 0.310 e. The third kappa shape index (κ3) is 7.74. The van der Waals surface area contributed by atoms with Crippen molar-refractivity contribution < 1.29 is 0 Å². The number of thiazole rings is 2. The minimum Gasteiger partial charge on any atom is -0.310 e. The van der Waals surface area contributed by atoms with Gasteiger partial charge in [0.1, 0.15) is 10.0 Å². The van der Waals surface area contributed by atoms with Gasteiger partial charge in [-0.05, 0) is 120 Å². The van der Waals surface area contributed by atoms with Gasteiger partial charge in [-0.25, -0.2) is 9.97 Å². The second-order valence-corrected chi connectivity index (χ2v) is 21.4. The molecular formula is C70H45N5S2. The van der Waals surface area contributed by atoms with Crippen molar-refractivity contribution in [1.82, 2.24) is 14.5 Å². The Hall–Kier alpha value is -9.66. The van der Waals surface area contributed by atoms with Crippen LogP contribution in [0.2, 0.25) is 0 Å². The monoisotopic (exact) mass is 1020 g/mol. The quantitative estimate of drug-likeness (QED) is 0.137. The Balaban J connectivity index is 0.954.